The van der Waals surface area contributed by atoms with Crippen LogP contribution in [0.4, 0.5) is 4.39 Å². The molecule has 0 N–H and O–H groups in total. The lowest BCUT2D eigenvalue weighted by atomic mass is 10.2. The van der Waals surface area contributed by atoms with Gasteiger partial charge in [-0.25, -0.2) is 4.39 Å². The maximum Gasteiger partial charge on any atom is 0.239 e. The minimum atomic E-state index is -0.139. The number of benzene rings is 1. The molecule has 0 bridgehead atoms. The largest absolute Gasteiger partial charge is 0.378 e. The number of halogens is 1. The second-order valence-corrected chi connectivity index (χ2v) is 6.87. The van der Waals surface area contributed by atoms with Crippen LogP contribution < -0.4 is 0 Å². The molecule has 2 fully saturated rings. The molecular weight excluding hydrogens is 321 g/mol. The first-order valence-corrected chi connectivity index (χ1v) is 9.21. The topological polar surface area (TPSA) is 36.0 Å². The van der Waals surface area contributed by atoms with E-state index in [1.165, 1.54) is 6.07 Å². The third-order valence-corrected chi connectivity index (χ3v) is 5.20. The van der Waals surface area contributed by atoms with E-state index in [0.717, 1.165) is 38.2 Å². The number of carbonyl (C=O) groups is 1. The van der Waals surface area contributed by atoms with Crippen LogP contribution in [-0.4, -0.2) is 79.1 Å². The van der Waals surface area contributed by atoms with Crippen LogP contribution in [0, 0.1) is 5.82 Å². The summed E-state index contributed by atoms with van der Waals surface area (Å²) in [6.45, 7) is 8.82. The lowest BCUT2D eigenvalue weighted by Gasteiger charge is -2.34. The zero-order valence-electron chi connectivity index (χ0n) is 15.0. The molecule has 1 aromatic rings. The second-order valence-electron chi connectivity index (χ2n) is 6.87. The Morgan fingerprint density at radius 1 is 1.12 bits per heavy atom. The number of nitrogens with zero attached hydrogens (tertiary/aromatic N) is 3. The van der Waals surface area contributed by atoms with Crippen LogP contribution >= 0.6 is 0 Å². The summed E-state index contributed by atoms with van der Waals surface area (Å²) in [5, 5.41) is 0. The summed E-state index contributed by atoms with van der Waals surface area (Å²) in [6.07, 6.45) is 0.995. The Morgan fingerprint density at radius 3 is 2.64 bits per heavy atom. The molecule has 5 nitrogen and oxygen atoms in total. The lowest BCUT2D eigenvalue weighted by Crippen LogP contribution is -2.51. The molecule has 0 radical (unpaired) electrons. The summed E-state index contributed by atoms with van der Waals surface area (Å²) in [6, 6.07) is 6.87. The molecule has 0 aliphatic carbocycles. The SMILES string of the molecule is C[C@H](C(=O)N1CCOCC1)N1CCCN(Cc2ccccc2F)CC1. The van der Waals surface area contributed by atoms with Crippen molar-refractivity contribution in [2.75, 3.05) is 52.5 Å². The van der Waals surface area contributed by atoms with E-state index >= 15 is 0 Å². The van der Waals surface area contributed by atoms with Crippen molar-refractivity contribution in [2.24, 2.45) is 0 Å². The average Bonchev–Trinajstić information content (AvgIpc) is 2.89. The van der Waals surface area contributed by atoms with E-state index in [9.17, 15) is 9.18 Å². The van der Waals surface area contributed by atoms with Gasteiger partial charge in [0.1, 0.15) is 5.82 Å². The van der Waals surface area contributed by atoms with Crippen LogP contribution in [0.1, 0.15) is 18.9 Å². The second kappa shape index (κ2) is 8.74. The molecule has 6 heteroatoms. The quantitative estimate of drug-likeness (QED) is 0.827. The maximum absolute atomic E-state index is 13.9. The van der Waals surface area contributed by atoms with Crippen LogP contribution in [0.25, 0.3) is 0 Å². The molecule has 25 heavy (non-hydrogen) atoms. The Labute approximate surface area is 149 Å². The van der Waals surface area contributed by atoms with Crippen LogP contribution in [0.15, 0.2) is 24.3 Å². The van der Waals surface area contributed by atoms with Crippen molar-refractivity contribution in [3.8, 4) is 0 Å². The number of rotatable bonds is 4. The summed E-state index contributed by atoms with van der Waals surface area (Å²) in [4.78, 5) is 19.2. The van der Waals surface area contributed by atoms with Gasteiger partial charge in [0.25, 0.3) is 0 Å². The van der Waals surface area contributed by atoms with Crippen molar-refractivity contribution in [1.82, 2.24) is 14.7 Å². The first-order valence-electron chi connectivity index (χ1n) is 9.21. The highest BCUT2D eigenvalue weighted by Gasteiger charge is 2.28. The highest BCUT2D eigenvalue weighted by atomic mass is 19.1. The molecule has 0 aromatic heterocycles. The molecule has 1 aromatic carbocycles. The maximum atomic E-state index is 13.9. The third-order valence-electron chi connectivity index (χ3n) is 5.20. The van der Waals surface area contributed by atoms with Crippen LogP contribution in [0.2, 0.25) is 0 Å². The van der Waals surface area contributed by atoms with Gasteiger partial charge in [0, 0.05) is 44.8 Å². The molecular formula is C19H28FN3O2. The number of morpholine rings is 1. The van der Waals surface area contributed by atoms with Gasteiger partial charge in [-0.1, -0.05) is 18.2 Å². The van der Waals surface area contributed by atoms with Crippen molar-refractivity contribution in [2.45, 2.75) is 25.9 Å². The predicted molar refractivity (Wildman–Crippen MR) is 94.7 cm³/mol. The molecule has 2 aliphatic heterocycles. The lowest BCUT2D eigenvalue weighted by molar-refractivity contribution is -0.140. The van der Waals surface area contributed by atoms with Gasteiger partial charge in [0.15, 0.2) is 0 Å². The highest BCUT2D eigenvalue weighted by molar-refractivity contribution is 5.81. The van der Waals surface area contributed by atoms with Gasteiger partial charge >= 0.3 is 0 Å². The summed E-state index contributed by atoms with van der Waals surface area (Å²) in [5.74, 6) is 0.0605. The number of carbonyl (C=O) groups excluding carboxylic acids is 1. The van der Waals surface area contributed by atoms with Gasteiger partial charge in [0.05, 0.1) is 19.3 Å². The van der Waals surface area contributed by atoms with Crippen molar-refractivity contribution in [3.63, 3.8) is 0 Å². The zero-order valence-corrected chi connectivity index (χ0v) is 15.0. The van der Waals surface area contributed by atoms with Crippen molar-refractivity contribution in [1.29, 1.82) is 0 Å². The molecule has 0 spiro atoms. The highest BCUT2D eigenvalue weighted by Crippen LogP contribution is 2.14. The van der Waals surface area contributed by atoms with Crippen LogP contribution in [-0.2, 0) is 16.1 Å². The Hall–Kier alpha value is -1.50. The Bertz CT molecular complexity index is 578. The third kappa shape index (κ3) is 4.77. The van der Waals surface area contributed by atoms with Crippen molar-refractivity contribution < 1.29 is 13.9 Å². The molecule has 3 rings (SSSR count). The van der Waals surface area contributed by atoms with E-state index in [4.69, 9.17) is 4.74 Å². The zero-order chi connectivity index (χ0) is 17.6. The predicted octanol–water partition coefficient (Wildman–Crippen LogP) is 1.58. The monoisotopic (exact) mass is 349 g/mol. The summed E-state index contributed by atoms with van der Waals surface area (Å²) < 4.78 is 19.2. The van der Waals surface area contributed by atoms with Gasteiger partial charge in [0.2, 0.25) is 5.91 Å². The average molecular weight is 349 g/mol. The molecule has 1 atom stereocenters. The molecule has 2 aliphatic rings. The van der Waals surface area contributed by atoms with Gasteiger partial charge in [-0.3, -0.25) is 14.6 Å². The Kier molecular flexibility index (Phi) is 6.39. The fraction of sp³-hybridized carbons (Fsp3) is 0.632. The summed E-state index contributed by atoms with van der Waals surface area (Å²) in [7, 11) is 0. The van der Waals surface area contributed by atoms with E-state index in [-0.39, 0.29) is 17.8 Å². The normalized spacial score (nSPS) is 21.8. The number of hydrogen-bond donors (Lipinski definition) is 0. The Balaban J connectivity index is 1.54. The van der Waals surface area contributed by atoms with E-state index in [2.05, 4.69) is 9.80 Å². The van der Waals surface area contributed by atoms with Crippen molar-refractivity contribution in [3.05, 3.63) is 35.6 Å². The fourth-order valence-electron chi connectivity index (χ4n) is 3.61. The van der Waals surface area contributed by atoms with Crippen LogP contribution in [0.5, 0.6) is 0 Å². The molecule has 0 unspecified atom stereocenters. The van der Waals surface area contributed by atoms with E-state index in [1.807, 2.05) is 24.0 Å². The summed E-state index contributed by atoms with van der Waals surface area (Å²) >= 11 is 0. The fourth-order valence-corrected chi connectivity index (χ4v) is 3.61. The van der Waals surface area contributed by atoms with E-state index in [1.54, 1.807) is 6.07 Å². The number of ether oxygens (including phenoxy) is 1. The Morgan fingerprint density at radius 2 is 1.88 bits per heavy atom. The van der Waals surface area contributed by atoms with Gasteiger partial charge < -0.3 is 9.64 Å². The molecule has 2 saturated heterocycles. The van der Waals surface area contributed by atoms with Gasteiger partial charge in [-0.2, -0.15) is 0 Å². The van der Waals surface area contributed by atoms with Crippen molar-refractivity contribution >= 4 is 5.91 Å². The molecule has 2 heterocycles. The first kappa shape index (κ1) is 18.3. The van der Waals surface area contributed by atoms with E-state index < -0.39 is 0 Å². The van der Waals surface area contributed by atoms with Crippen LogP contribution in [0.3, 0.4) is 0 Å². The smallest absolute Gasteiger partial charge is 0.239 e. The molecule has 0 saturated carbocycles. The van der Waals surface area contributed by atoms with E-state index in [0.29, 0.717) is 32.8 Å². The number of hydrogen-bond acceptors (Lipinski definition) is 4. The first-order chi connectivity index (χ1) is 12.1. The molecule has 138 valence electrons. The number of amides is 1. The molecule has 1 amide bonds. The summed E-state index contributed by atoms with van der Waals surface area (Å²) in [5.41, 5.74) is 0.744. The minimum absolute atomic E-state index is 0.105. The minimum Gasteiger partial charge on any atom is -0.378 e. The van der Waals surface area contributed by atoms with Gasteiger partial charge in [-0.05, 0) is 26.0 Å². The standard InChI is InChI=1S/C19H28FN3O2/c1-16(19(24)23-11-13-25-14-12-23)22-8-4-7-21(9-10-22)15-17-5-2-3-6-18(17)20/h2-3,5-6,16H,4,7-15H2,1H3/t16-/m1/s1. The van der Waals surface area contributed by atoms with Gasteiger partial charge in [-0.15, -0.1) is 0 Å².